The van der Waals surface area contributed by atoms with E-state index in [2.05, 4.69) is 29.3 Å². The molecule has 1 aromatic heterocycles. The number of aliphatic hydroxyl groups excluding tert-OH is 1. The van der Waals surface area contributed by atoms with Crippen LogP contribution in [0.2, 0.25) is 0 Å². The maximum atomic E-state index is 9.73. The Morgan fingerprint density at radius 1 is 1.69 bits per heavy atom. The van der Waals surface area contributed by atoms with Gasteiger partial charge in [0.2, 0.25) is 0 Å². The Balaban J connectivity index is 2.05. The average molecular weight is 240 g/mol. The van der Waals surface area contributed by atoms with Crippen LogP contribution in [-0.2, 0) is 0 Å². The second kappa shape index (κ2) is 5.27. The van der Waals surface area contributed by atoms with E-state index >= 15 is 0 Å². The SMILES string of the molecule is CC1CN(C(CN)c2cccs2)CCC1O. The van der Waals surface area contributed by atoms with Crippen molar-refractivity contribution in [3.63, 3.8) is 0 Å². The lowest BCUT2D eigenvalue weighted by atomic mass is 9.95. The summed E-state index contributed by atoms with van der Waals surface area (Å²) in [5.74, 6) is 0.350. The molecule has 0 aromatic carbocycles. The van der Waals surface area contributed by atoms with Crippen molar-refractivity contribution in [2.45, 2.75) is 25.5 Å². The summed E-state index contributed by atoms with van der Waals surface area (Å²) in [4.78, 5) is 3.74. The van der Waals surface area contributed by atoms with E-state index in [0.29, 0.717) is 18.5 Å². The van der Waals surface area contributed by atoms with Crippen molar-refractivity contribution in [2.24, 2.45) is 11.7 Å². The third-order valence-corrected chi connectivity index (χ3v) is 4.40. The molecule has 90 valence electrons. The number of piperidine rings is 1. The number of nitrogens with zero attached hydrogens (tertiary/aromatic N) is 1. The minimum Gasteiger partial charge on any atom is -0.393 e. The molecule has 3 atom stereocenters. The Hall–Kier alpha value is -0.420. The maximum absolute atomic E-state index is 9.73. The van der Waals surface area contributed by atoms with Crippen LogP contribution in [0.25, 0.3) is 0 Å². The first-order valence-corrected chi connectivity index (χ1v) is 6.76. The van der Waals surface area contributed by atoms with E-state index in [4.69, 9.17) is 5.73 Å². The van der Waals surface area contributed by atoms with E-state index in [1.807, 2.05) is 0 Å². The first-order chi connectivity index (χ1) is 7.72. The summed E-state index contributed by atoms with van der Waals surface area (Å²) in [5, 5.41) is 11.8. The highest BCUT2D eigenvalue weighted by molar-refractivity contribution is 7.10. The molecule has 1 aliphatic heterocycles. The predicted molar refractivity (Wildman–Crippen MR) is 67.5 cm³/mol. The van der Waals surface area contributed by atoms with Gasteiger partial charge in [-0.3, -0.25) is 4.90 Å². The molecule has 3 nitrogen and oxygen atoms in total. The summed E-state index contributed by atoms with van der Waals surface area (Å²) in [6.07, 6.45) is 0.723. The highest BCUT2D eigenvalue weighted by atomic mass is 32.1. The molecule has 0 amide bonds. The van der Waals surface area contributed by atoms with Crippen LogP contribution >= 0.6 is 11.3 Å². The highest BCUT2D eigenvalue weighted by Gasteiger charge is 2.29. The Kier molecular flexibility index (Phi) is 3.97. The van der Waals surface area contributed by atoms with Crippen LogP contribution < -0.4 is 5.73 Å². The van der Waals surface area contributed by atoms with Crippen LogP contribution in [0, 0.1) is 5.92 Å². The number of thiophene rings is 1. The second-order valence-corrected chi connectivity index (χ2v) is 5.57. The molecule has 2 rings (SSSR count). The molecule has 0 bridgehead atoms. The first-order valence-electron chi connectivity index (χ1n) is 5.88. The van der Waals surface area contributed by atoms with E-state index in [-0.39, 0.29) is 6.10 Å². The van der Waals surface area contributed by atoms with Gasteiger partial charge < -0.3 is 10.8 Å². The van der Waals surface area contributed by atoms with E-state index < -0.39 is 0 Å². The molecule has 2 heterocycles. The summed E-state index contributed by atoms with van der Waals surface area (Å²) in [5.41, 5.74) is 5.88. The van der Waals surface area contributed by atoms with Crippen LogP contribution in [-0.4, -0.2) is 35.7 Å². The van der Waals surface area contributed by atoms with Crippen LogP contribution in [0.3, 0.4) is 0 Å². The Morgan fingerprint density at radius 3 is 3.06 bits per heavy atom. The lowest BCUT2D eigenvalue weighted by Crippen LogP contribution is -2.45. The van der Waals surface area contributed by atoms with Gasteiger partial charge in [0.25, 0.3) is 0 Å². The summed E-state index contributed by atoms with van der Waals surface area (Å²) in [6.45, 7) is 4.66. The van der Waals surface area contributed by atoms with E-state index in [9.17, 15) is 5.11 Å². The minimum atomic E-state index is -0.141. The van der Waals surface area contributed by atoms with Gasteiger partial charge in [-0.15, -0.1) is 11.3 Å². The van der Waals surface area contributed by atoms with Crippen molar-refractivity contribution in [2.75, 3.05) is 19.6 Å². The van der Waals surface area contributed by atoms with Gasteiger partial charge in [-0.2, -0.15) is 0 Å². The second-order valence-electron chi connectivity index (χ2n) is 4.60. The lowest BCUT2D eigenvalue weighted by Gasteiger charge is -2.38. The fourth-order valence-electron chi connectivity index (χ4n) is 2.37. The number of aliphatic hydroxyl groups is 1. The van der Waals surface area contributed by atoms with Crippen molar-refractivity contribution in [1.29, 1.82) is 0 Å². The lowest BCUT2D eigenvalue weighted by molar-refractivity contribution is 0.0187. The van der Waals surface area contributed by atoms with E-state index in [1.54, 1.807) is 11.3 Å². The fourth-order valence-corrected chi connectivity index (χ4v) is 3.25. The zero-order chi connectivity index (χ0) is 11.5. The number of hydrogen-bond donors (Lipinski definition) is 2. The van der Waals surface area contributed by atoms with Crippen LogP contribution in [0.5, 0.6) is 0 Å². The van der Waals surface area contributed by atoms with Gasteiger partial charge in [0.1, 0.15) is 0 Å². The number of likely N-dealkylation sites (tertiary alicyclic amines) is 1. The summed E-state index contributed by atoms with van der Waals surface area (Å²) in [7, 11) is 0. The maximum Gasteiger partial charge on any atom is 0.0590 e. The van der Waals surface area contributed by atoms with Crippen molar-refractivity contribution in [3.8, 4) is 0 Å². The zero-order valence-electron chi connectivity index (χ0n) is 9.67. The standard InChI is InChI=1S/C12H20N2OS/c1-9-8-14(5-4-11(9)15)10(7-13)12-3-2-6-16-12/h2-3,6,9-11,15H,4-5,7-8,13H2,1H3. The third kappa shape index (κ3) is 2.46. The predicted octanol–water partition coefficient (Wildman–Crippen LogP) is 1.45. The quantitative estimate of drug-likeness (QED) is 0.841. The molecular formula is C12H20N2OS. The molecule has 4 heteroatoms. The summed E-state index contributed by atoms with van der Waals surface area (Å²) >= 11 is 1.77. The molecule has 0 aliphatic carbocycles. The fraction of sp³-hybridized carbons (Fsp3) is 0.667. The third-order valence-electron chi connectivity index (χ3n) is 3.43. The van der Waals surface area contributed by atoms with Crippen molar-refractivity contribution in [1.82, 2.24) is 4.90 Å². The normalized spacial score (nSPS) is 29.2. The van der Waals surface area contributed by atoms with Gasteiger partial charge in [-0.1, -0.05) is 13.0 Å². The molecule has 1 aliphatic rings. The largest absolute Gasteiger partial charge is 0.393 e. The first kappa shape index (κ1) is 12.0. The summed E-state index contributed by atoms with van der Waals surface area (Å²) in [6, 6.07) is 4.55. The summed E-state index contributed by atoms with van der Waals surface area (Å²) < 4.78 is 0. The molecule has 1 saturated heterocycles. The van der Waals surface area contributed by atoms with Crippen molar-refractivity contribution >= 4 is 11.3 Å². The average Bonchev–Trinajstić information content (AvgIpc) is 2.78. The monoisotopic (exact) mass is 240 g/mol. The molecule has 3 N–H and O–H groups in total. The Morgan fingerprint density at radius 2 is 2.50 bits per heavy atom. The van der Waals surface area contributed by atoms with Crippen molar-refractivity contribution in [3.05, 3.63) is 22.4 Å². The van der Waals surface area contributed by atoms with Gasteiger partial charge in [0.15, 0.2) is 0 Å². The smallest absolute Gasteiger partial charge is 0.0590 e. The Labute approximate surface area is 101 Å². The van der Waals surface area contributed by atoms with Crippen LogP contribution in [0.4, 0.5) is 0 Å². The van der Waals surface area contributed by atoms with E-state index in [0.717, 1.165) is 19.5 Å². The molecule has 0 saturated carbocycles. The van der Waals surface area contributed by atoms with Gasteiger partial charge in [0, 0.05) is 24.5 Å². The molecule has 0 radical (unpaired) electrons. The molecule has 1 aromatic rings. The van der Waals surface area contributed by atoms with Crippen LogP contribution in [0.15, 0.2) is 17.5 Å². The van der Waals surface area contributed by atoms with E-state index in [1.165, 1.54) is 4.88 Å². The zero-order valence-corrected chi connectivity index (χ0v) is 10.5. The van der Waals surface area contributed by atoms with Gasteiger partial charge in [-0.25, -0.2) is 0 Å². The van der Waals surface area contributed by atoms with Gasteiger partial charge in [-0.05, 0) is 23.8 Å². The molecule has 16 heavy (non-hydrogen) atoms. The minimum absolute atomic E-state index is 0.141. The van der Waals surface area contributed by atoms with Crippen molar-refractivity contribution < 1.29 is 5.11 Å². The van der Waals surface area contributed by atoms with Crippen LogP contribution in [0.1, 0.15) is 24.3 Å². The molecule has 0 spiro atoms. The van der Waals surface area contributed by atoms with Gasteiger partial charge in [0.05, 0.1) is 12.1 Å². The molecule has 3 unspecified atom stereocenters. The van der Waals surface area contributed by atoms with Gasteiger partial charge >= 0.3 is 0 Å². The number of rotatable bonds is 3. The Bertz CT molecular complexity index is 315. The number of nitrogens with two attached hydrogens (primary N) is 1. The highest BCUT2D eigenvalue weighted by Crippen LogP contribution is 2.28. The molecule has 1 fully saturated rings. The topological polar surface area (TPSA) is 49.5 Å². The number of hydrogen-bond acceptors (Lipinski definition) is 4. The molecular weight excluding hydrogens is 220 g/mol.